The summed E-state index contributed by atoms with van der Waals surface area (Å²) in [5.41, 5.74) is 0.116. The minimum atomic E-state index is -0.637. The van der Waals surface area contributed by atoms with Crippen molar-refractivity contribution in [2.75, 3.05) is 26.7 Å². The van der Waals surface area contributed by atoms with Crippen LogP contribution in [0.2, 0.25) is 0 Å². The number of aromatic amines is 2. The van der Waals surface area contributed by atoms with Crippen molar-refractivity contribution in [3.05, 3.63) is 68.5 Å². The van der Waals surface area contributed by atoms with Gasteiger partial charge in [0.15, 0.2) is 0 Å². The number of nitrogens with zero attached hydrogens (tertiary/aromatic N) is 2. The number of hydrogen-bond acceptors (Lipinski definition) is 6. The fourth-order valence-corrected chi connectivity index (χ4v) is 3.50. The van der Waals surface area contributed by atoms with Gasteiger partial charge in [0.2, 0.25) is 0 Å². The number of nitrogens with one attached hydrogen (secondary N) is 3. The molecule has 1 amide bonds. The maximum absolute atomic E-state index is 13.2. The van der Waals surface area contributed by atoms with Crippen molar-refractivity contribution < 1.29 is 9.53 Å². The van der Waals surface area contributed by atoms with Crippen LogP contribution in [0.3, 0.4) is 0 Å². The number of H-pyrrole nitrogens is 2. The number of rotatable bonds is 3. The van der Waals surface area contributed by atoms with Gasteiger partial charge in [-0.3, -0.25) is 19.6 Å². The molecule has 4 rings (SSSR count). The maximum Gasteiger partial charge on any atom is 0.327 e. The van der Waals surface area contributed by atoms with Crippen molar-refractivity contribution in [3.8, 4) is 5.75 Å². The van der Waals surface area contributed by atoms with E-state index in [2.05, 4.69) is 20.3 Å². The molecule has 1 unspecified atom stereocenters. The minimum Gasteiger partial charge on any atom is -0.496 e. The number of carbonyl (C=O) groups excluding carboxylic acids is 1. The number of carbonyl (C=O) groups is 1. The number of ether oxygens (including phenoxy) is 1. The smallest absolute Gasteiger partial charge is 0.327 e. The molecule has 0 bridgehead atoms. The summed E-state index contributed by atoms with van der Waals surface area (Å²) < 4.78 is 5.46. The van der Waals surface area contributed by atoms with Crippen LogP contribution in [-0.2, 0) is 0 Å². The average molecular weight is 381 g/mol. The second-order valence-corrected chi connectivity index (χ2v) is 6.49. The molecule has 144 valence electrons. The van der Waals surface area contributed by atoms with Crippen molar-refractivity contribution >= 4 is 16.9 Å². The van der Waals surface area contributed by atoms with Crippen LogP contribution in [0.15, 0.2) is 46.1 Å². The Bertz CT molecular complexity index is 1150. The molecule has 1 saturated heterocycles. The van der Waals surface area contributed by atoms with Crippen molar-refractivity contribution in [3.63, 3.8) is 0 Å². The molecule has 1 aliphatic heterocycles. The lowest BCUT2D eigenvalue weighted by Gasteiger charge is -2.37. The van der Waals surface area contributed by atoms with E-state index in [-0.39, 0.29) is 28.5 Å². The van der Waals surface area contributed by atoms with E-state index in [1.165, 1.54) is 12.3 Å². The van der Waals surface area contributed by atoms with Crippen LogP contribution >= 0.6 is 0 Å². The lowest BCUT2D eigenvalue weighted by atomic mass is 10.0. The van der Waals surface area contributed by atoms with E-state index in [0.717, 1.165) is 5.56 Å². The first kappa shape index (κ1) is 17.9. The summed E-state index contributed by atoms with van der Waals surface area (Å²) in [5, 5.41) is 3.47. The first-order valence-electron chi connectivity index (χ1n) is 8.85. The number of fused-ring (bicyclic) bond motifs is 1. The third-order valence-electron chi connectivity index (χ3n) is 4.84. The molecule has 2 aromatic heterocycles. The van der Waals surface area contributed by atoms with Crippen LogP contribution in [0.25, 0.3) is 11.0 Å². The maximum atomic E-state index is 13.2. The lowest BCUT2D eigenvalue weighted by molar-refractivity contribution is 0.0631. The summed E-state index contributed by atoms with van der Waals surface area (Å²) in [4.78, 5) is 47.1. The highest BCUT2D eigenvalue weighted by Gasteiger charge is 2.30. The molecule has 3 aromatic rings. The average Bonchev–Trinajstić information content (AvgIpc) is 2.73. The Morgan fingerprint density at radius 3 is 2.89 bits per heavy atom. The fraction of sp³-hybridized carbons (Fsp3) is 0.263. The standard InChI is InChI=1S/C19H19N5O4/c1-28-15-5-3-2-4-12(15)14-10-20-6-7-24(14)18(26)11-8-13-16(21-9-11)22-19(27)23-17(13)25/h2-5,8-9,14,20H,6-7,10H2,1H3,(H2,21,22,23,25,27). The molecule has 0 aliphatic carbocycles. The highest BCUT2D eigenvalue weighted by molar-refractivity contribution is 5.97. The number of hydrogen-bond donors (Lipinski definition) is 3. The lowest BCUT2D eigenvalue weighted by Crippen LogP contribution is -2.48. The van der Waals surface area contributed by atoms with Crippen LogP contribution < -0.4 is 21.3 Å². The van der Waals surface area contributed by atoms with E-state index in [0.29, 0.717) is 25.4 Å². The second kappa shape index (κ2) is 7.28. The predicted molar refractivity (Wildman–Crippen MR) is 103 cm³/mol. The zero-order valence-corrected chi connectivity index (χ0v) is 15.2. The van der Waals surface area contributed by atoms with Crippen LogP contribution in [0.1, 0.15) is 22.0 Å². The van der Waals surface area contributed by atoms with E-state index in [9.17, 15) is 14.4 Å². The van der Waals surface area contributed by atoms with Crippen LogP contribution in [-0.4, -0.2) is 52.5 Å². The summed E-state index contributed by atoms with van der Waals surface area (Å²) in [6.45, 7) is 1.74. The van der Waals surface area contributed by atoms with Gasteiger partial charge >= 0.3 is 5.69 Å². The number of amides is 1. The van der Waals surface area contributed by atoms with Crippen molar-refractivity contribution in [1.29, 1.82) is 0 Å². The van der Waals surface area contributed by atoms with Crippen molar-refractivity contribution in [1.82, 2.24) is 25.2 Å². The van der Waals surface area contributed by atoms with Gasteiger partial charge in [-0.05, 0) is 12.1 Å². The Morgan fingerprint density at radius 2 is 2.07 bits per heavy atom. The molecule has 3 heterocycles. The zero-order valence-electron chi connectivity index (χ0n) is 15.2. The van der Waals surface area contributed by atoms with E-state index < -0.39 is 11.2 Å². The van der Waals surface area contributed by atoms with Crippen LogP contribution in [0.5, 0.6) is 5.75 Å². The van der Waals surface area contributed by atoms with Gasteiger partial charge in [0.05, 0.1) is 24.1 Å². The molecule has 0 radical (unpaired) electrons. The number of piperazine rings is 1. The molecular weight excluding hydrogens is 362 g/mol. The second-order valence-electron chi connectivity index (χ2n) is 6.49. The number of aromatic nitrogens is 3. The van der Waals surface area contributed by atoms with E-state index in [4.69, 9.17) is 4.74 Å². The number of para-hydroxylation sites is 1. The Morgan fingerprint density at radius 1 is 1.25 bits per heavy atom. The molecule has 1 aliphatic rings. The Kier molecular flexibility index (Phi) is 4.66. The zero-order chi connectivity index (χ0) is 19.7. The van der Waals surface area contributed by atoms with Crippen LogP contribution in [0, 0.1) is 0 Å². The molecule has 0 saturated carbocycles. The van der Waals surface area contributed by atoms with Gasteiger partial charge in [-0.25, -0.2) is 9.78 Å². The van der Waals surface area contributed by atoms with Gasteiger partial charge in [-0.15, -0.1) is 0 Å². The molecular formula is C19H19N5O4. The fourth-order valence-electron chi connectivity index (χ4n) is 3.50. The third kappa shape index (κ3) is 3.16. The van der Waals surface area contributed by atoms with Crippen LogP contribution in [0.4, 0.5) is 0 Å². The Balaban J connectivity index is 1.74. The SMILES string of the molecule is COc1ccccc1C1CNCCN1C(=O)c1cnc2[nH]c(=O)[nH]c(=O)c2c1. The van der Waals surface area contributed by atoms with Crippen molar-refractivity contribution in [2.45, 2.75) is 6.04 Å². The summed E-state index contributed by atoms with van der Waals surface area (Å²) >= 11 is 0. The molecule has 28 heavy (non-hydrogen) atoms. The minimum absolute atomic E-state index is 0.145. The number of benzene rings is 1. The molecule has 1 atom stereocenters. The first-order valence-corrected chi connectivity index (χ1v) is 8.85. The number of methoxy groups -OCH3 is 1. The molecule has 1 fully saturated rings. The quantitative estimate of drug-likeness (QED) is 0.604. The molecule has 9 heteroatoms. The van der Waals surface area contributed by atoms with Gasteiger partial charge < -0.3 is 15.0 Å². The Hall–Kier alpha value is -3.46. The van der Waals surface area contributed by atoms with Gasteiger partial charge in [-0.1, -0.05) is 18.2 Å². The summed E-state index contributed by atoms with van der Waals surface area (Å²) in [6, 6.07) is 8.82. The van der Waals surface area contributed by atoms with Gasteiger partial charge in [-0.2, -0.15) is 0 Å². The predicted octanol–water partition coefficient (Wildman–Crippen LogP) is 0.407. The van der Waals surface area contributed by atoms with E-state index in [1.807, 2.05) is 24.3 Å². The van der Waals surface area contributed by atoms with Gasteiger partial charge in [0.1, 0.15) is 11.4 Å². The summed E-state index contributed by atoms with van der Waals surface area (Å²) in [6.07, 6.45) is 1.38. The van der Waals surface area contributed by atoms with Crippen molar-refractivity contribution in [2.24, 2.45) is 0 Å². The van der Waals surface area contributed by atoms with Gasteiger partial charge in [0.25, 0.3) is 11.5 Å². The highest BCUT2D eigenvalue weighted by atomic mass is 16.5. The van der Waals surface area contributed by atoms with E-state index in [1.54, 1.807) is 12.0 Å². The molecule has 1 aromatic carbocycles. The number of pyridine rings is 1. The first-order chi connectivity index (χ1) is 13.6. The van der Waals surface area contributed by atoms with E-state index >= 15 is 0 Å². The van der Waals surface area contributed by atoms with Gasteiger partial charge in [0, 0.05) is 31.4 Å². The third-order valence-corrected chi connectivity index (χ3v) is 4.84. The monoisotopic (exact) mass is 381 g/mol. The normalized spacial score (nSPS) is 16.9. The highest BCUT2D eigenvalue weighted by Crippen LogP contribution is 2.31. The molecule has 9 nitrogen and oxygen atoms in total. The topological polar surface area (TPSA) is 120 Å². The summed E-state index contributed by atoms with van der Waals surface area (Å²) in [7, 11) is 1.60. The molecule has 3 N–H and O–H groups in total. The largest absolute Gasteiger partial charge is 0.496 e. The Labute approximate surface area is 159 Å². The molecule has 0 spiro atoms. The summed E-state index contributed by atoms with van der Waals surface area (Å²) in [5.74, 6) is 0.470.